The monoisotopic (exact) mass is 236 g/mol. The van der Waals surface area contributed by atoms with E-state index in [1.807, 2.05) is 13.2 Å². The first-order valence-electron chi connectivity index (χ1n) is 5.05. The molecule has 2 rings (SSSR count). The second kappa shape index (κ2) is 4.64. The van der Waals surface area contributed by atoms with E-state index in [4.69, 9.17) is 0 Å². The van der Waals surface area contributed by atoms with Crippen molar-refractivity contribution in [1.29, 1.82) is 0 Å². The summed E-state index contributed by atoms with van der Waals surface area (Å²) in [5, 5.41) is 12.6. The van der Waals surface area contributed by atoms with Crippen molar-refractivity contribution in [2.75, 3.05) is 11.9 Å². The van der Waals surface area contributed by atoms with E-state index in [1.54, 1.807) is 10.9 Å². The molecule has 0 aliphatic heterocycles. The number of nitrogens with zero attached hydrogens (tertiary/aromatic N) is 3. The number of nitrogens with one attached hydrogen (secondary N) is 3. The molecule has 0 bridgehead atoms. The van der Waals surface area contributed by atoms with Gasteiger partial charge >= 0.3 is 5.69 Å². The number of H-pyrrole nitrogens is 2. The Morgan fingerprint density at radius 2 is 2.29 bits per heavy atom. The molecular weight excluding hydrogens is 224 g/mol. The van der Waals surface area contributed by atoms with E-state index in [-0.39, 0.29) is 5.82 Å². The lowest BCUT2D eigenvalue weighted by atomic mass is 10.2. The zero-order valence-corrected chi connectivity index (χ0v) is 9.23. The summed E-state index contributed by atoms with van der Waals surface area (Å²) in [7, 11) is 1.84. The molecule has 0 saturated heterocycles. The van der Waals surface area contributed by atoms with Crippen LogP contribution in [0.25, 0.3) is 0 Å². The molecule has 0 radical (unpaired) electrons. The van der Waals surface area contributed by atoms with Gasteiger partial charge in [-0.1, -0.05) is 0 Å². The third-order valence-electron chi connectivity index (χ3n) is 2.18. The number of hydrogen-bond donors (Lipinski definition) is 3. The molecule has 8 nitrogen and oxygen atoms in total. The van der Waals surface area contributed by atoms with Gasteiger partial charge in [-0.3, -0.25) is 14.5 Å². The van der Waals surface area contributed by atoms with Gasteiger partial charge in [0.15, 0.2) is 0 Å². The van der Waals surface area contributed by atoms with Gasteiger partial charge in [0.05, 0.1) is 6.20 Å². The summed E-state index contributed by atoms with van der Waals surface area (Å²) in [5.41, 5.74) is -0.0893. The van der Waals surface area contributed by atoms with Crippen molar-refractivity contribution in [3.05, 3.63) is 38.8 Å². The summed E-state index contributed by atoms with van der Waals surface area (Å²) < 4.78 is 1.71. The first kappa shape index (κ1) is 11.1. The average molecular weight is 236 g/mol. The third kappa shape index (κ3) is 2.80. The van der Waals surface area contributed by atoms with Crippen molar-refractivity contribution in [2.45, 2.75) is 6.42 Å². The van der Waals surface area contributed by atoms with Crippen molar-refractivity contribution < 1.29 is 0 Å². The summed E-state index contributed by atoms with van der Waals surface area (Å²) in [5.74, 6) is 0.105. The fourth-order valence-corrected chi connectivity index (χ4v) is 1.39. The summed E-state index contributed by atoms with van der Waals surface area (Å²) in [4.78, 5) is 24.1. The zero-order valence-electron chi connectivity index (χ0n) is 9.23. The second-order valence-corrected chi connectivity index (χ2v) is 3.55. The maximum Gasteiger partial charge on any atom is 0.342 e. The van der Waals surface area contributed by atoms with Crippen LogP contribution in [0.15, 0.2) is 22.0 Å². The van der Waals surface area contributed by atoms with Crippen LogP contribution < -0.4 is 16.6 Å². The molecule has 0 aliphatic rings. The molecule has 2 aromatic rings. The number of aromatic nitrogens is 5. The molecule has 2 heterocycles. The van der Waals surface area contributed by atoms with Crippen molar-refractivity contribution in [2.24, 2.45) is 7.05 Å². The topological polar surface area (TPSA) is 108 Å². The highest BCUT2D eigenvalue weighted by atomic mass is 16.2. The van der Waals surface area contributed by atoms with Gasteiger partial charge in [-0.15, -0.1) is 5.10 Å². The maximum absolute atomic E-state index is 11.3. The molecular formula is C9H12N6O2. The molecule has 0 unspecified atom stereocenters. The molecule has 0 saturated carbocycles. The molecule has 0 amide bonds. The predicted molar refractivity (Wildman–Crippen MR) is 60.9 cm³/mol. The van der Waals surface area contributed by atoms with Gasteiger partial charge in [0.25, 0.3) is 5.56 Å². The van der Waals surface area contributed by atoms with Crippen LogP contribution in [0.2, 0.25) is 0 Å². The van der Waals surface area contributed by atoms with Crippen molar-refractivity contribution in [3.63, 3.8) is 0 Å². The largest absolute Gasteiger partial charge is 0.364 e. The minimum absolute atomic E-state index is 0.105. The SMILES string of the molecule is Cn1cc(CCNc2n[nH]c(=O)[nH]c2=O)cn1. The Hall–Kier alpha value is -2.38. The van der Waals surface area contributed by atoms with Gasteiger partial charge in [-0.2, -0.15) is 5.10 Å². The van der Waals surface area contributed by atoms with Crippen LogP contribution in [0.5, 0.6) is 0 Å². The quantitative estimate of drug-likeness (QED) is 0.621. The van der Waals surface area contributed by atoms with Gasteiger partial charge < -0.3 is 5.32 Å². The first-order chi connectivity index (χ1) is 8.15. The zero-order chi connectivity index (χ0) is 12.3. The van der Waals surface area contributed by atoms with Crippen molar-refractivity contribution >= 4 is 5.82 Å². The van der Waals surface area contributed by atoms with Gasteiger partial charge in [-0.25, -0.2) is 9.89 Å². The normalized spacial score (nSPS) is 10.4. The van der Waals surface area contributed by atoms with Crippen LogP contribution in [0, 0.1) is 0 Å². The molecule has 0 fully saturated rings. The molecule has 17 heavy (non-hydrogen) atoms. The average Bonchev–Trinajstić information content (AvgIpc) is 2.68. The van der Waals surface area contributed by atoms with Gasteiger partial charge in [0.1, 0.15) is 0 Å². The van der Waals surface area contributed by atoms with Gasteiger partial charge in [0.2, 0.25) is 5.82 Å². The van der Waals surface area contributed by atoms with Gasteiger partial charge in [-0.05, 0) is 12.0 Å². The molecule has 0 aliphatic carbocycles. The van der Waals surface area contributed by atoms with Crippen LogP contribution in [-0.4, -0.2) is 31.5 Å². The molecule has 2 aromatic heterocycles. The predicted octanol–water partition coefficient (Wildman–Crippen LogP) is -1.15. The van der Waals surface area contributed by atoms with Crippen LogP contribution in [0.3, 0.4) is 0 Å². The Balaban J connectivity index is 1.94. The lowest BCUT2D eigenvalue weighted by Crippen LogP contribution is -2.27. The number of rotatable bonds is 4. The highest BCUT2D eigenvalue weighted by Gasteiger charge is 2.01. The third-order valence-corrected chi connectivity index (χ3v) is 2.18. The summed E-state index contributed by atoms with van der Waals surface area (Å²) in [6.45, 7) is 0.536. The highest BCUT2D eigenvalue weighted by Crippen LogP contribution is 1.97. The molecule has 3 N–H and O–H groups in total. The van der Waals surface area contributed by atoms with E-state index >= 15 is 0 Å². The first-order valence-corrected chi connectivity index (χ1v) is 5.05. The molecule has 90 valence electrons. The molecule has 0 atom stereocenters. The second-order valence-electron chi connectivity index (χ2n) is 3.55. The summed E-state index contributed by atoms with van der Waals surface area (Å²) >= 11 is 0. The fourth-order valence-electron chi connectivity index (χ4n) is 1.39. The van der Waals surface area contributed by atoms with Gasteiger partial charge in [0, 0.05) is 19.8 Å². The van der Waals surface area contributed by atoms with E-state index in [9.17, 15) is 9.59 Å². The summed E-state index contributed by atoms with van der Waals surface area (Å²) in [6.07, 6.45) is 4.37. The number of hydrogen-bond acceptors (Lipinski definition) is 5. The molecule has 0 spiro atoms. The lowest BCUT2D eigenvalue weighted by Gasteiger charge is -2.01. The van der Waals surface area contributed by atoms with Crippen LogP contribution >= 0.6 is 0 Å². The maximum atomic E-state index is 11.3. The smallest absolute Gasteiger partial charge is 0.342 e. The van der Waals surface area contributed by atoms with E-state index in [1.165, 1.54) is 0 Å². The fraction of sp³-hybridized carbons (Fsp3) is 0.333. The van der Waals surface area contributed by atoms with Crippen molar-refractivity contribution in [3.8, 4) is 0 Å². The van der Waals surface area contributed by atoms with Crippen LogP contribution in [0.1, 0.15) is 5.56 Å². The molecule has 0 aromatic carbocycles. The van der Waals surface area contributed by atoms with Crippen LogP contribution in [-0.2, 0) is 13.5 Å². The van der Waals surface area contributed by atoms with Crippen LogP contribution in [0.4, 0.5) is 5.82 Å². The number of aromatic amines is 2. The number of anilines is 1. The Kier molecular flexibility index (Phi) is 3.03. The Morgan fingerprint density at radius 3 is 2.94 bits per heavy atom. The van der Waals surface area contributed by atoms with Crippen molar-refractivity contribution in [1.82, 2.24) is 25.0 Å². The van der Waals surface area contributed by atoms with E-state index < -0.39 is 11.2 Å². The Morgan fingerprint density at radius 1 is 1.47 bits per heavy atom. The highest BCUT2D eigenvalue weighted by molar-refractivity contribution is 5.28. The Bertz CT molecular complexity index is 610. The summed E-state index contributed by atoms with van der Waals surface area (Å²) in [6, 6.07) is 0. The standard InChI is InChI=1S/C9H12N6O2/c1-15-5-6(4-11-15)2-3-10-7-8(16)12-9(17)14-13-7/h4-5H,2-3H2,1H3,(H,10,13)(H2,12,14,16,17). The van der Waals surface area contributed by atoms with E-state index in [2.05, 4.69) is 25.6 Å². The van der Waals surface area contributed by atoms with E-state index in [0.717, 1.165) is 5.56 Å². The number of aryl methyl sites for hydroxylation is 1. The minimum Gasteiger partial charge on any atom is -0.364 e. The molecule has 8 heteroatoms. The lowest BCUT2D eigenvalue weighted by molar-refractivity contribution is 0.766. The minimum atomic E-state index is -0.618. The van der Waals surface area contributed by atoms with E-state index in [0.29, 0.717) is 13.0 Å². The Labute approximate surface area is 95.7 Å².